The van der Waals surface area contributed by atoms with Gasteiger partial charge >= 0.3 is 5.97 Å². The first-order chi connectivity index (χ1) is 31.4. The summed E-state index contributed by atoms with van der Waals surface area (Å²) >= 11 is 0. The number of hydrogen-bond acceptors (Lipinski definition) is 6. The predicted molar refractivity (Wildman–Crippen MR) is 268 cm³/mol. The molecule has 0 amide bonds. The molecule has 8 aliphatic rings. The summed E-state index contributed by atoms with van der Waals surface area (Å²) in [6, 6.07) is 10.8. The van der Waals surface area contributed by atoms with Crippen LogP contribution in [0.25, 0.3) is 5.57 Å². The highest BCUT2D eigenvalue weighted by atomic mass is 16.5. The molecule has 0 heterocycles. The number of carbonyl (C=O) groups excluding carboxylic acids is 1. The molecule has 0 aromatic heterocycles. The maximum absolute atomic E-state index is 11.9. The number of methoxy groups -OCH3 is 1. The van der Waals surface area contributed by atoms with Gasteiger partial charge in [-0.3, -0.25) is 4.79 Å². The Labute approximate surface area is 402 Å². The molecule has 372 valence electrons. The summed E-state index contributed by atoms with van der Waals surface area (Å²) in [4.78, 5) is 11.7. The highest BCUT2D eigenvalue weighted by Gasteiger charge is 2.66. The maximum Gasteiger partial charge on any atom is 0.305 e. The van der Waals surface area contributed by atoms with Gasteiger partial charge in [0.15, 0.2) is 0 Å². The molecule has 8 saturated carbocycles. The van der Waals surface area contributed by atoms with Crippen LogP contribution in [0.1, 0.15) is 190 Å². The van der Waals surface area contributed by atoms with Crippen molar-refractivity contribution in [1.29, 1.82) is 0 Å². The molecule has 0 bridgehead atoms. The number of esters is 1. The Kier molecular flexibility index (Phi) is 15.2. The van der Waals surface area contributed by atoms with E-state index in [1.807, 2.05) is 0 Å². The molecule has 4 unspecified atom stereocenters. The van der Waals surface area contributed by atoms with Crippen LogP contribution in [-0.4, -0.2) is 57.9 Å². The summed E-state index contributed by atoms with van der Waals surface area (Å²) in [6.45, 7) is 21.8. The van der Waals surface area contributed by atoms with Crippen molar-refractivity contribution in [3.05, 3.63) is 42.0 Å². The maximum atomic E-state index is 11.9. The lowest BCUT2D eigenvalue weighted by molar-refractivity contribution is -0.203. The second kappa shape index (κ2) is 19.8. The third kappa shape index (κ3) is 8.66. The topological polar surface area (TPSA) is 107 Å². The number of carbonyl (C=O) groups is 1. The van der Waals surface area contributed by atoms with E-state index in [1.54, 1.807) is 0 Å². The van der Waals surface area contributed by atoms with Gasteiger partial charge in [0.1, 0.15) is 0 Å². The van der Waals surface area contributed by atoms with E-state index >= 15 is 0 Å². The SMILES string of the molecule is CC[C@H]1[C@@H](O)[C@H]2C3CC[C@H]([C@H](C)C/C=C(/C)c4ccccc4)[C@@]3(C)CCC2[C@@]2(C)CC[C@@H](O)C[C@@H]12.CC[C@H]1[C@@H](O)[C@H]2C3CC[C@H]([C@H](C)CCC(=O)OC)[C@@]3(C)CCC2[C@@]2(C)CC[C@@H](O)C[C@@H]12. The number of ether oxygens (including phenoxy) is 1. The molecule has 0 saturated heterocycles. The van der Waals surface area contributed by atoms with E-state index in [0.29, 0.717) is 94.2 Å². The molecule has 6 heteroatoms. The van der Waals surface area contributed by atoms with Crippen LogP contribution >= 0.6 is 0 Å². The molecule has 9 rings (SSSR count). The Morgan fingerprint density at radius 3 is 1.53 bits per heavy atom. The molecule has 8 fully saturated rings. The van der Waals surface area contributed by atoms with Crippen molar-refractivity contribution < 1.29 is 30.0 Å². The second-order valence-corrected chi connectivity index (χ2v) is 25.8. The molecule has 0 radical (unpaired) electrons. The first-order valence-corrected chi connectivity index (χ1v) is 27.9. The van der Waals surface area contributed by atoms with Crippen LogP contribution in [0.2, 0.25) is 0 Å². The standard InChI is InChI=1S/C33H50O2.C27H46O4/c1-6-25-29-20-24(34)16-18-33(29,5)28-17-19-32(4)26(14-15-27(32)30(28)31(25)35)22(3)13-12-21(2)23-10-8-7-9-11-23;1-6-18-22-15-17(28)11-13-27(22,4)21-12-14-26(3)19(16(2)7-10-23(29)31-5)8-9-20(26)24(21)25(18)30/h7-12,22,24-31,34-35H,6,13-20H2,1-5H3;16-22,24-25,28,30H,6-15H2,1-5H3/b21-12-;/t22-,24-,25-,26-,27?,28?,29+,30+,31-,32-,33-;16-,17-,18-,19-,20?,21?,22+,24+,25-,26-,27-/m11/s1. The Morgan fingerprint density at radius 2 is 1.08 bits per heavy atom. The number of rotatable bonds is 10. The molecule has 1 aromatic carbocycles. The zero-order valence-corrected chi connectivity index (χ0v) is 43.4. The molecular formula is C60H96O6. The average molecular weight is 913 g/mol. The lowest BCUT2D eigenvalue weighted by atomic mass is 9.41. The summed E-state index contributed by atoms with van der Waals surface area (Å²) in [7, 11) is 1.48. The third-order valence-corrected chi connectivity index (χ3v) is 23.4. The van der Waals surface area contributed by atoms with Crippen molar-refractivity contribution in [1.82, 2.24) is 0 Å². The number of fused-ring (bicyclic) bond motifs is 10. The van der Waals surface area contributed by atoms with Crippen molar-refractivity contribution in [3.8, 4) is 0 Å². The normalized spacial score (nSPS) is 48.2. The number of aliphatic hydroxyl groups is 4. The van der Waals surface area contributed by atoms with Gasteiger partial charge in [-0.05, 0) is 225 Å². The molecule has 4 N–H and O–H groups in total. The van der Waals surface area contributed by atoms with Gasteiger partial charge in [-0.2, -0.15) is 0 Å². The van der Waals surface area contributed by atoms with Gasteiger partial charge in [-0.15, -0.1) is 0 Å². The minimum atomic E-state index is -0.230. The average Bonchev–Trinajstić information content (AvgIpc) is 3.86. The van der Waals surface area contributed by atoms with Crippen LogP contribution in [0.3, 0.4) is 0 Å². The van der Waals surface area contributed by atoms with Crippen molar-refractivity contribution in [2.24, 2.45) is 105 Å². The smallest absolute Gasteiger partial charge is 0.305 e. The summed E-state index contributed by atoms with van der Waals surface area (Å²) in [5.74, 6) is 7.41. The van der Waals surface area contributed by atoms with Crippen molar-refractivity contribution in [3.63, 3.8) is 0 Å². The summed E-state index contributed by atoms with van der Waals surface area (Å²) < 4.78 is 4.88. The molecule has 1 aromatic rings. The Bertz CT molecular complexity index is 1830. The lowest BCUT2D eigenvalue weighted by Gasteiger charge is -2.64. The van der Waals surface area contributed by atoms with E-state index in [4.69, 9.17) is 4.74 Å². The van der Waals surface area contributed by atoms with Crippen LogP contribution in [0.4, 0.5) is 0 Å². The Balaban J connectivity index is 0.000000181. The largest absolute Gasteiger partial charge is 0.469 e. The van der Waals surface area contributed by atoms with Crippen molar-refractivity contribution in [2.75, 3.05) is 7.11 Å². The number of aliphatic hydroxyl groups excluding tert-OH is 4. The van der Waals surface area contributed by atoms with Gasteiger partial charge in [0.2, 0.25) is 0 Å². The minimum absolute atomic E-state index is 0.0952. The zero-order valence-electron chi connectivity index (χ0n) is 43.4. The van der Waals surface area contributed by atoms with E-state index in [0.717, 1.165) is 70.1 Å². The summed E-state index contributed by atoms with van der Waals surface area (Å²) in [5.41, 5.74) is 3.92. The van der Waals surface area contributed by atoms with E-state index in [2.05, 4.69) is 98.7 Å². The lowest BCUT2D eigenvalue weighted by Crippen LogP contribution is -2.62. The van der Waals surface area contributed by atoms with E-state index in [9.17, 15) is 25.2 Å². The number of benzene rings is 1. The summed E-state index contributed by atoms with van der Waals surface area (Å²) in [6.07, 6.45) is 22.4. The first-order valence-electron chi connectivity index (χ1n) is 27.9. The molecule has 0 aliphatic heterocycles. The van der Waals surface area contributed by atoms with Gasteiger partial charge in [0.05, 0.1) is 31.5 Å². The van der Waals surface area contributed by atoms with Gasteiger partial charge < -0.3 is 25.2 Å². The van der Waals surface area contributed by atoms with Gasteiger partial charge in [-0.25, -0.2) is 0 Å². The third-order valence-electron chi connectivity index (χ3n) is 23.4. The fraction of sp³-hybridized carbons (Fsp3) is 0.850. The fourth-order valence-corrected chi connectivity index (χ4v) is 19.9. The van der Waals surface area contributed by atoms with Crippen molar-refractivity contribution >= 4 is 11.5 Å². The van der Waals surface area contributed by atoms with Crippen molar-refractivity contribution in [2.45, 2.75) is 209 Å². The molecular weight excluding hydrogens is 817 g/mol. The molecule has 6 nitrogen and oxygen atoms in total. The minimum Gasteiger partial charge on any atom is -0.469 e. The molecule has 66 heavy (non-hydrogen) atoms. The fourth-order valence-electron chi connectivity index (χ4n) is 19.9. The van der Waals surface area contributed by atoms with E-state index in [-0.39, 0.29) is 41.2 Å². The van der Waals surface area contributed by atoms with Gasteiger partial charge in [0, 0.05) is 6.42 Å². The number of allylic oxidation sites excluding steroid dienone is 2. The first kappa shape index (κ1) is 50.7. The molecule has 0 spiro atoms. The number of hydrogen-bond donors (Lipinski definition) is 4. The highest BCUT2D eigenvalue weighted by Crippen LogP contribution is 2.71. The van der Waals surface area contributed by atoms with E-state index in [1.165, 1.54) is 69.6 Å². The van der Waals surface area contributed by atoms with Crippen LogP contribution in [0.5, 0.6) is 0 Å². The van der Waals surface area contributed by atoms with Crippen LogP contribution in [0.15, 0.2) is 36.4 Å². The second-order valence-electron chi connectivity index (χ2n) is 25.8. The molecule has 22 atom stereocenters. The quantitative estimate of drug-likeness (QED) is 0.174. The zero-order chi connectivity index (χ0) is 47.5. The van der Waals surface area contributed by atoms with Crippen LogP contribution < -0.4 is 0 Å². The van der Waals surface area contributed by atoms with Crippen LogP contribution in [0, 0.1) is 105 Å². The Morgan fingerprint density at radius 1 is 0.636 bits per heavy atom. The molecule has 8 aliphatic carbocycles. The predicted octanol–water partition coefficient (Wildman–Crippen LogP) is 12.9. The monoisotopic (exact) mass is 913 g/mol. The summed E-state index contributed by atoms with van der Waals surface area (Å²) in [5, 5.41) is 44.6. The highest BCUT2D eigenvalue weighted by molar-refractivity contribution is 5.69. The van der Waals surface area contributed by atoms with Crippen LogP contribution in [-0.2, 0) is 9.53 Å². The van der Waals surface area contributed by atoms with E-state index < -0.39 is 0 Å². The van der Waals surface area contributed by atoms with Gasteiger partial charge in [0.25, 0.3) is 0 Å². The Hall–Kier alpha value is -1.73. The van der Waals surface area contributed by atoms with Gasteiger partial charge in [-0.1, -0.05) is 105 Å².